The number of benzene rings is 2. The van der Waals surface area contributed by atoms with E-state index in [9.17, 15) is 9.18 Å². The number of nitrogens with zero attached hydrogens (tertiary/aromatic N) is 4. The third kappa shape index (κ3) is 4.01. The van der Waals surface area contributed by atoms with Crippen LogP contribution in [0.2, 0.25) is 0 Å². The second-order valence-corrected chi connectivity index (χ2v) is 5.34. The Hall–Kier alpha value is -3.09. The third-order valence-electron chi connectivity index (χ3n) is 3.61. The Bertz CT molecular complexity index is 792. The third-order valence-corrected chi connectivity index (χ3v) is 3.61. The normalized spacial score (nSPS) is 11.9. The lowest BCUT2D eigenvalue weighted by Gasteiger charge is -2.16. The predicted octanol–water partition coefficient (Wildman–Crippen LogP) is 1.91. The monoisotopic (exact) mass is 325 g/mol. The topological polar surface area (TPSA) is 72.7 Å². The summed E-state index contributed by atoms with van der Waals surface area (Å²) in [5, 5.41) is 13.9. The first-order valence-electron chi connectivity index (χ1n) is 7.51. The molecule has 1 heterocycles. The van der Waals surface area contributed by atoms with Crippen molar-refractivity contribution >= 4 is 5.91 Å². The number of carbonyl (C=O) groups is 1. The predicted molar refractivity (Wildman–Crippen MR) is 85.2 cm³/mol. The van der Waals surface area contributed by atoms with Crippen LogP contribution in [-0.4, -0.2) is 26.1 Å². The van der Waals surface area contributed by atoms with Crippen molar-refractivity contribution in [2.24, 2.45) is 0 Å². The van der Waals surface area contributed by atoms with Crippen molar-refractivity contribution in [3.05, 3.63) is 77.9 Å². The molecular weight excluding hydrogens is 309 g/mol. The molecule has 3 aromatic rings. The first-order chi connectivity index (χ1) is 11.7. The maximum absolute atomic E-state index is 13.2. The molecule has 0 aliphatic carbocycles. The standard InChI is InChI=1S/C17H16FN5O/c18-15-8-4-7-14(9-15)11-19-17(24)16(23-12-20-21-22-23)10-13-5-2-1-3-6-13/h1-9,12,16H,10-11H2,(H,19,24). The Morgan fingerprint density at radius 3 is 2.62 bits per heavy atom. The van der Waals surface area contributed by atoms with Crippen molar-refractivity contribution in [2.45, 2.75) is 19.0 Å². The van der Waals surface area contributed by atoms with Gasteiger partial charge in [0, 0.05) is 13.0 Å². The van der Waals surface area contributed by atoms with Gasteiger partial charge >= 0.3 is 0 Å². The van der Waals surface area contributed by atoms with Gasteiger partial charge in [0.1, 0.15) is 18.2 Å². The number of hydrogen-bond donors (Lipinski definition) is 1. The number of nitrogens with one attached hydrogen (secondary N) is 1. The van der Waals surface area contributed by atoms with E-state index in [4.69, 9.17) is 0 Å². The van der Waals surface area contributed by atoms with Crippen molar-refractivity contribution in [3.63, 3.8) is 0 Å². The highest BCUT2D eigenvalue weighted by Gasteiger charge is 2.22. The average molecular weight is 325 g/mol. The number of hydrogen-bond acceptors (Lipinski definition) is 4. The van der Waals surface area contributed by atoms with Gasteiger partial charge in [-0.3, -0.25) is 4.79 Å². The van der Waals surface area contributed by atoms with E-state index in [1.165, 1.54) is 23.1 Å². The Balaban J connectivity index is 1.71. The smallest absolute Gasteiger partial charge is 0.245 e. The minimum Gasteiger partial charge on any atom is -0.350 e. The van der Waals surface area contributed by atoms with Crippen LogP contribution in [0.1, 0.15) is 17.2 Å². The van der Waals surface area contributed by atoms with E-state index >= 15 is 0 Å². The molecule has 1 aromatic heterocycles. The van der Waals surface area contributed by atoms with E-state index in [1.54, 1.807) is 12.1 Å². The SMILES string of the molecule is O=C(NCc1cccc(F)c1)C(Cc1ccccc1)n1cnnn1. The molecule has 1 atom stereocenters. The van der Waals surface area contributed by atoms with Crippen molar-refractivity contribution in [1.82, 2.24) is 25.5 Å². The Labute approximate surface area is 138 Å². The van der Waals surface area contributed by atoms with E-state index in [1.807, 2.05) is 30.3 Å². The number of aromatic nitrogens is 4. The van der Waals surface area contributed by atoms with Gasteiger partial charge in [-0.15, -0.1) is 5.10 Å². The van der Waals surface area contributed by atoms with Crippen molar-refractivity contribution in [3.8, 4) is 0 Å². The van der Waals surface area contributed by atoms with Gasteiger partial charge in [0.25, 0.3) is 0 Å². The van der Waals surface area contributed by atoms with Gasteiger partial charge in [-0.2, -0.15) is 0 Å². The van der Waals surface area contributed by atoms with E-state index in [0.717, 1.165) is 5.56 Å². The molecule has 0 spiro atoms. The Kier molecular flexibility index (Phi) is 4.90. The summed E-state index contributed by atoms with van der Waals surface area (Å²) < 4.78 is 14.6. The van der Waals surface area contributed by atoms with Crippen LogP contribution in [0, 0.1) is 5.82 Å². The fraction of sp³-hybridized carbons (Fsp3) is 0.176. The number of amides is 1. The fourth-order valence-electron chi connectivity index (χ4n) is 2.41. The molecule has 0 aliphatic rings. The quantitative estimate of drug-likeness (QED) is 0.751. The van der Waals surface area contributed by atoms with Gasteiger partial charge in [-0.1, -0.05) is 42.5 Å². The minimum atomic E-state index is -0.573. The van der Waals surface area contributed by atoms with Crippen LogP contribution in [0.15, 0.2) is 60.9 Å². The lowest BCUT2D eigenvalue weighted by molar-refractivity contribution is -0.124. The molecule has 7 heteroatoms. The Morgan fingerprint density at radius 1 is 1.12 bits per heavy atom. The molecule has 24 heavy (non-hydrogen) atoms. The van der Waals surface area contributed by atoms with E-state index in [2.05, 4.69) is 20.8 Å². The van der Waals surface area contributed by atoms with Gasteiger partial charge < -0.3 is 5.32 Å². The van der Waals surface area contributed by atoms with E-state index in [-0.39, 0.29) is 18.3 Å². The largest absolute Gasteiger partial charge is 0.350 e. The van der Waals surface area contributed by atoms with Crippen molar-refractivity contribution < 1.29 is 9.18 Å². The van der Waals surface area contributed by atoms with Gasteiger partial charge in [0.05, 0.1) is 0 Å². The lowest BCUT2D eigenvalue weighted by Crippen LogP contribution is -2.34. The first-order valence-corrected chi connectivity index (χ1v) is 7.51. The van der Waals surface area contributed by atoms with E-state index in [0.29, 0.717) is 12.0 Å². The minimum absolute atomic E-state index is 0.226. The molecule has 3 rings (SSSR count). The molecule has 0 saturated heterocycles. The van der Waals surface area contributed by atoms with E-state index < -0.39 is 6.04 Å². The maximum Gasteiger partial charge on any atom is 0.245 e. The second kappa shape index (κ2) is 7.45. The van der Waals surface area contributed by atoms with Crippen LogP contribution < -0.4 is 5.32 Å². The van der Waals surface area contributed by atoms with Gasteiger partial charge in [-0.25, -0.2) is 9.07 Å². The average Bonchev–Trinajstić information content (AvgIpc) is 3.13. The molecule has 2 aromatic carbocycles. The zero-order valence-electron chi connectivity index (χ0n) is 12.8. The molecular formula is C17H16FN5O. The van der Waals surface area contributed by atoms with Gasteiger partial charge in [-0.05, 0) is 33.7 Å². The van der Waals surface area contributed by atoms with Crippen LogP contribution in [0.25, 0.3) is 0 Å². The highest BCUT2D eigenvalue weighted by molar-refractivity contribution is 5.80. The summed E-state index contributed by atoms with van der Waals surface area (Å²) in [6, 6.07) is 15.2. The molecule has 1 N–H and O–H groups in total. The van der Waals surface area contributed by atoms with Crippen LogP contribution in [0.3, 0.4) is 0 Å². The fourth-order valence-corrected chi connectivity index (χ4v) is 2.41. The summed E-state index contributed by atoms with van der Waals surface area (Å²) >= 11 is 0. The second-order valence-electron chi connectivity index (χ2n) is 5.34. The number of tetrazole rings is 1. The summed E-state index contributed by atoms with van der Waals surface area (Å²) in [6.07, 6.45) is 1.87. The molecule has 6 nitrogen and oxygen atoms in total. The molecule has 122 valence electrons. The highest BCUT2D eigenvalue weighted by atomic mass is 19.1. The zero-order chi connectivity index (χ0) is 16.8. The van der Waals surface area contributed by atoms with Gasteiger partial charge in [0.2, 0.25) is 5.91 Å². The number of rotatable bonds is 6. The molecule has 0 fully saturated rings. The summed E-state index contributed by atoms with van der Waals surface area (Å²) in [5.74, 6) is -0.557. The summed E-state index contributed by atoms with van der Waals surface area (Å²) in [4.78, 5) is 12.6. The number of halogens is 1. The van der Waals surface area contributed by atoms with Crippen molar-refractivity contribution in [1.29, 1.82) is 0 Å². The summed E-state index contributed by atoms with van der Waals surface area (Å²) in [7, 11) is 0. The summed E-state index contributed by atoms with van der Waals surface area (Å²) in [5.41, 5.74) is 1.69. The van der Waals surface area contributed by atoms with Crippen LogP contribution in [-0.2, 0) is 17.8 Å². The lowest BCUT2D eigenvalue weighted by atomic mass is 10.1. The first kappa shape index (κ1) is 15.8. The maximum atomic E-state index is 13.2. The molecule has 1 unspecified atom stereocenters. The van der Waals surface area contributed by atoms with Crippen LogP contribution >= 0.6 is 0 Å². The van der Waals surface area contributed by atoms with Crippen molar-refractivity contribution in [2.75, 3.05) is 0 Å². The summed E-state index contributed by atoms with van der Waals surface area (Å²) in [6.45, 7) is 0.240. The molecule has 0 bridgehead atoms. The molecule has 0 radical (unpaired) electrons. The van der Waals surface area contributed by atoms with Crippen LogP contribution in [0.5, 0.6) is 0 Å². The number of carbonyl (C=O) groups excluding carboxylic acids is 1. The molecule has 0 saturated carbocycles. The van der Waals surface area contributed by atoms with Gasteiger partial charge in [0.15, 0.2) is 0 Å². The molecule has 0 aliphatic heterocycles. The zero-order valence-corrected chi connectivity index (χ0v) is 12.8. The Morgan fingerprint density at radius 2 is 1.92 bits per heavy atom. The van der Waals surface area contributed by atoms with Crippen LogP contribution in [0.4, 0.5) is 4.39 Å². The highest BCUT2D eigenvalue weighted by Crippen LogP contribution is 2.13. The molecule has 1 amide bonds.